The lowest BCUT2D eigenvalue weighted by molar-refractivity contribution is -0.144. The molecule has 3 amide bonds. The monoisotopic (exact) mass is 537 g/mol. The third-order valence-corrected chi connectivity index (χ3v) is 8.12. The quantitative estimate of drug-likeness (QED) is 0.351. The number of carbonyl (C=O) groups excluding carboxylic acids is 3. The van der Waals surface area contributed by atoms with Crippen LogP contribution in [-0.2, 0) is 14.4 Å². The minimum Gasteiger partial charge on any atom is -0.452 e. The molecule has 2 fully saturated rings. The molecular formula is C25H20BrN3O4S. The Labute approximate surface area is 208 Å². The number of thiazole rings is 1. The number of aromatic nitrogens is 1. The maximum absolute atomic E-state index is 13.4. The van der Waals surface area contributed by atoms with E-state index in [2.05, 4.69) is 38.4 Å². The number of hydrogen-bond donors (Lipinski definition) is 1. The van der Waals surface area contributed by atoms with E-state index in [1.807, 2.05) is 35.7 Å². The maximum atomic E-state index is 13.4. The highest BCUT2D eigenvalue weighted by Gasteiger charge is 2.60. The first kappa shape index (κ1) is 21.5. The lowest BCUT2D eigenvalue weighted by atomic mass is 9.85. The molecule has 7 nitrogen and oxygen atoms in total. The minimum absolute atomic E-state index is 0.0981. The Kier molecular flexibility index (Phi) is 5.26. The number of anilines is 1. The third kappa shape index (κ3) is 3.54. The molecule has 3 aromatic rings. The van der Waals surface area contributed by atoms with Crippen LogP contribution in [0.15, 0.2) is 69.1 Å². The van der Waals surface area contributed by atoms with Gasteiger partial charge in [-0.1, -0.05) is 42.5 Å². The minimum atomic E-state index is -0.815. The van der Waals surface area contributed by atoms with Gasteiger partial charge in [0.15, 0.2) is 9.80 Å². The van der Waals surface area contributed by atoms with E-state index in [-0.39, 0.29) is 47.8 Å². The molecule has 9 heteroatoms. The van der Waals surface area contributed by atoms with Crippen molar-refractivity contribution in [1.29, 1.82) is 0 Å². The Morgan fingerprint density at radius 3 is 2.47 bits per heavy atom. The van der Waals surface area contributed by atoms with Crippen LogP contribution in [0.1, 0.15) is 24.6 Å². The second-order valence-corrected chi connectivity index (χ2v) is 10.5. The predicted octanol–water partition coefficient (Wildman–Crippen LogP) is 5.04. The highest BCUT2D eigenvalue weighted by molar-refractivity contribution is 9.10. The van der Waals surface area contributed by atoms with Crippen LogP contribution in [0.25, 0.3) is 11.3 Å². The van der Waals surface area contributed by atoms with Crippen molar-refractivity contribution in [2.75, 3.05) is 5.32 Å². The van der Waals surface area contributed by atoms with Crippen LogP contribution in [0.3, 0.4) is 0 Å². The molecule has 2 bridgehead atoms. The van der Waals surface area contributed by atoms with E-state index >= 15 is 0 Å². The zero-order chi connectivity index (χ0) is 23.4. The van der Waals surface area contributed by atoms with Gasteiger partial charge in [-0.15, -0.1) is 11.3 Å². The average molecular weight is 538 g/mol. The van der Waals surface area contributed by atoms with Crippen LogP contribution in [0, 0.1) is 23.7 Å². The number of imide groups is 1. The van der Waals surface area contributed by atoms with Gasteiger partial charge in [-0.25, -0.2) is 4.98 Å². The van der Waals surface area contributed by atoms with Crippen molar-refractivity contribution in [3.05, 3.63) is 70.4 Å². The maximum Gasteiger partial charge on any atom is 0.234 e. The molecule has 1 aromatic carbocycles. The van der Waals surface area contributed by atoms with Crippen LogP contribution in [-0.4, -0.2) is 27.6 Å². The van der Waals surface area contributed by atoms with E-state index in [4.69, 9.17) is 4.42 Å². The molecular weight excluding hydrogens is 518 g/mol. The zero-order valence-electron chi connectivity index (χ0n) is 17.9. The van der Waals surface area contributed by atoms with Crippen molar-refractivity contribution in [1.82, 2.24) is 9.88 Å². The first-order chi connectivity index (χ1) is 16.5. The summed E-state index contributed by atoms with van der Waals surface area (Å²) in [5.74, 6) is -0.839. The first-order valence-corrected chi connectivity index (χ1v) is 12.8. The van der Waals surface area contributed by atoms with Crippen molar-refractivity contribution >= 4 is 50.1 Å². The first-order valence-electron chi connectivity index (χ1n) is 11.1. The summed E-state index contributed by atoms with van der Waals surface area (Å²) in [7, 11) is 0. The Morgan fingerprint density at radius 2 is 1.82 bits per heavy atom. The van der Waals surface area contributed by atoms with Crippen LogP contribution in [0.2, 0.25) is 0 Å². The van der Waals surface area contributed by atoms with Crippen LogP contribution in [0.5, 0.6) is 0 Å². The Morgan fingerprint density at radius 1 is 1.12 bits per heavy atom. The molecule has 6 rings (SSSR count). The lowest BCUT2D eigenvalue weighted by Crippen LogP contribution is -2.38. The molecule has 1 saturated heterocycles. The van der Waals surface area contributed by atoms with E-state index in [1.165, 1.54) is 16.2 Å². The molecule has 0 radical (unpaired) electrons. The number of halogens is 1. The van der Waals surface area contributed by atoms with Crippen molar-refractivity contribution in [2.45, 2.75) is 18.9 Å². The van der Waals surface area contributed by atoms with Crippen LogP contribution in [0.4, 0.5) is 5.13 Å². The predicted molar refractivity (Wildman–Crippen MR) is 130 cm³/mol. The van der Waals surface area contributed by atoms with Gasteiger partial charge < -0.3 is 9.73 Å². The van der Waals surface area contributed by atoms with Gasteiger partial charge in [0.05, 0.1) is 24.0 Å². The molecule has 5 unspecified atom stereocenters. The summed E-state index contributed by atoms with van der Waals surface area (Å²) in [6.45, 7) is 0. The SMILES string of the molecule is O=C(CC(c1ccc(Br)o1)N1C(=O)C2C3C=CC(C3)C2C1=O)Nc1nc(-c2ccccc2)cs1. The Hall–Kier alpha value is -3.04. The molecule has 1 N–H and O–H groups in total. The van der Waals surface area contributed by atoms with Gasteiger partial charge in [0, 0.05) is 10.9 Å². The second-order valence-electron chi connectivity index (χ2n) is 8.86. The number of carbonyl (C=O) groups is 3. The van der Waals surface area contributed by atoms with Gasteiger partial charge in [0.2, 0.25) is 17.7 Å². The van der Waals surface area contributed by atoms with Gasteiger partial charge in [0.1, 0.15) is 11.8 Å². The van der Waals surface area contributed by atoms with Crippen molar-refractivity contribution in [3.63, 3.8) is 0 Å². The molecule has 3 aliphatic rings. The molecule has 1 aliphatic heterocycles. The number of fused-ring (bicyclic) bond motifs is 5. The van der Waals surface area contributed by atoms with Gasteiger partial charge in [-0.3, -0.25) is 19.3 Å². The molecule has 2 aliphatic carbocycles. The topological polar surface area (TPSA) is 92.5 Å². The second kappa shape index (κ2) is 8.32. The number of hydrogen-bond acceptors (Lipinski definition) is 6. The van der Waals surface area contributed by atoms with Gasteiger partial charge >= 0.3 is 0 Å². The largest absolute Gasteiger partial charge is 0.452 e. The normalized spacial score (nSPS) is 25.7. The van der Waals surface area contributed by atoms with Crippen LogP contribution < -0.4 is 5.32 Å². The third-order valence-electron chi connectivity index (χ3n) is 6.94. The van der Waals surface area contributed by atoms with Crippen molar-refractivity contribution < 1.29 is 18.8 Å². The van der Waals surface area contributed by atoms with Crippen LogP contribution >= 0.6 is 27.3 Å². The van der Waals surface area contributed by atoms with E-state index in [1.54, 1.807) is 12.1 Å². The van der Waals surface area contributed by atoms with E-state index < -0.39 is 6.04 Å². The van der Waals surface area contributed by atoms with E-state index in [0.29, 0.717) is 15.6 Å². The highest BCUT2D eigenvalue weighted by Crippen LogP contribution is 2.54. The number of benzene rings is 1. The van der Waals surface area contributed by atoms with Gasteiger partial charge in [0.25, 0.3) is 0 Å². The molecule has 2 aromatic heterocycles. The van der Waals surface area contributed by atoms with Gasteiger partial charge in [-0.05, 0) is 46.3 Å². The summed E-state index contributed by atoms with van der Waals surface area (Å²) in [6, 6.07) is 12.3. The number of amides is 3. The smallest absolute Gasteiger partial charge is 0.234 e. The van der Waals surface area contributed by atoms with Gasteiger partial charge in [-0.2, -0.15) is 0 Å². The number of allylic oxidation sites excluding steroid dienone is 2. The Bertz CT molecular complexity index is 1290. The van der Waals surface area contributed by atoms with Crippen molar-refractivity contribution in [2.24, 2.45) is 23.7 Å². The number of likely N-dealkylation sites (tertiary alicyclic amines) is 1. The van der Waals surface area contributed by atoms with E-state index in [0.717, 1.165) is 17.7 Å². The summed E-state index contributed by atoms with van der Waals surface area (Å²) >= 11 is 4.61. The number of rotatable bonds is 6. The summed E-state index contributed by atoms with van der Waals surface area (Å²) in [4.78, 5) is 45.6. The fourth-order valence-electron chi connectivity index (χ4n) is 5.48. The summed E-state index contributed by atoms with van der Waals surface area (Å²) in [6.07, 6.45) is 4.85. The lowest BCUT2D eigenvalue weighted by Gasteiger charge is -2.25. The number of furan rings is 1. The molecule has 5 atom stereocenters. The molecule has 0 spiro atoms. The van der Waals surface area contributed by atoms with E-state index in [9.17, 15) is 14.4 Å². The Balaban J connectivity index is 1.24. The summed E-state index contributed by atoms with van der Waals surface area (Å²) in [5, 5.41) is 5.16. The molecule has 3 heterocycles. The number of nitrogens with zero attached hydrogens (tertiary/aromatic N) is 2. The van der Waals surface area contributed by atoms with Crippen molar-refractivity contribution in [3.8, 4) is 11.3 Å². The molecule has 172 valence electrons. The molecule has 1 saturated carbocycles. The summed E-state index contributed by atoms with van der Waals surface area (Å²) in [5.41, 5.74) is 1.73. The highest BCUT2D eigenvalue weighted by atomic mass is 79.9. The molecule has 34 heavy (non-hydrogen) atoms. The number of nitrogens with one attached hydrogen (secondary N) is 1. The summed E-state index contributed by atoms with van der Waals surface area (Å²) < 4.78 is 6.19. The average Bonchev–Trinajstić information content (AvgIpc) is 3.64. The fraction of sp³-hybridized carbons (Fsp3) is 0.280. The zero-order valence-corrected chi connectivity index (χ0v) is 20.3. The fourth-order valence-corrected chi connectivity index (χ4v) is 6.53. The standard InChI is InChI=1S/C25H20BrN3O4S/c26-19-9-8-18(33-19)17(29-23(31)21-14-6-7-15(10-14)22(21)24(29)32)11-20(30)28-25-27-16(12-34-25)13-4-2-1-3-5-13/h1-9,12,14-15,17,21-22H,10-11H2,(H,27,28,30).